The van der Waals surface area contributed by atoms with Gasteiger partial charge in [-0.2, -0.15) is 4.98 Å². The average molecular weight is 566 g/mol. The summed E-state index contributed by atoms with van der Waals surface area (Å²) in [5.74, 6) is 2.52. The Morgan fingerprint density at radius 1 is 1.10 bits per heavy atom. The summed E-state index contributed by atoms with van der Waals surface area (Å²) in [6.07, 6.45) is 5.47. The van der Waals surface area contributed by atoms with Gasteiger partial charge in [-0.05, 0) is 31.0 Å². The molecular weight excluding hydrogens is 530 g/mol. The van der Waals surface area contributed by atoms with E-state index in [0.29, 0.717) is 64.2 Å². The minimum atomic E-state index is -0.427. The molecule has 3 aromatic rings. The van der Waals surface area contributed by atoms with Gasteiger partial charge in [0.2, 0.25) is 11.9 Å². The lowest BCUT2D eigenvalue weighted by Gasteiger charge is -2.41. The quantitative estimate of drug-likeness (QED) is 0.363. The van der Waals surface area contributed by atoms with E-state index >= 15 is 0 Å². The van der Waals surface area contributed by atoms with E-state index in [0.717, 1.165) is 22.8 Å². The maximum Gasteiger partial charge on any atom is 0.409 e. The molecule has 2 aromatic heterocycles. The maximum atomic E-state index is 13.1. The zero-order valence-electron chi connectivity index (χ0n) is 23.3. The number of nitrogens with zero attached hydrogens (tertiary/aromatic N) is 6. The fraction of sp³-hybridized carbons (Fsp3) is 0.464. The van der Waals surface area contributed by atoms with Crippen LogP contribution >= 0.6 is 0 Å². The fourth-order valence-electron chi connectivity index (χ4n) is 4.85. The van der Waals surface area contributed by atoms with Crippen molar-refractivity contribution >= 4 is 17.8 Å². The standard InChI is InChI=1S/C28H35N7O6/c1-20-15-25(32-27(31-20)34-8-7-29-19-34)35-10-9-33(28(37)41-12-11-38-2)18-22(35)17-26(36)30-6-5-21-3-4-23-24(16-21)40-14-13-39-23/h3-4,7-8,15-16,19,22H,5-6,9-14,17-18H2,1-2H3,(H,30,36). The van der Waals surface area contributed by atoms with Gasteiger partial charge >= 0.3 is 6.09 Å². The Morgan fingerprint density at radius 2 is 1.95 bits per heavy atom. The molecule has 13 nitrogen and oxygen atoms in total. The van der Waals surface area contributed by atoms with Crippen LogP contribution in [0.2, 0.25) is 0 Å². The molecule has 0 aliphatic carbocycles. The number of nitrogens with one attached hydrogen (secondary N) is 1. The van der Waals surface area contributed by atoms with Crippen LogP contribution in [0.15, 0.2) is 43.0 Å². The monoisotopic (exact) mass is 565 g/mol. The molecule has 5 rings (SSSR count). The van der Waals surface area contributed by atoms with Crippen molar-refractivity contribution in [3.8, 4) is 17.4 Å². The Kier molecular flexibility index (Phi) is 9.14. The number of fused-ring (bicyclic) bond motifs is 1. The summed E-state index contributed by atoms with van der Waals surface area (Å²) in [5, 5.41) is 3.03. The fourth-order valence-corrected chi connectivity index (χ4v) is 4.85. The van der Waals surface area contributed by atoms with Crippen molar-refractivity contribution in [1.29, 1.82) is 0 Å². The van der Waals surface area contributed by atoms with Gasteiger partial charge in [0.1, 0.15) is 32.0 Å². The first-order valence-corrected chi connectivity index (χ1v) is 13.7. The van der Waals surface area contributed by atoms with E-state index in [2.05, 4.69) is 20.2 Å². The van der Waals surface area contributed by atoms with Gasteiger partial charge in [-0.15, -0.1) is 0 Å². The first-order valence-electron chi connectivity index (χ1n) is 13.7. The molecule has 0 saturated carbocycles. The Hall–Kier alpha value is -4.39. The first-order chi connectivity index (χ1) is 20.0. The molecule has 1 atom stereocenters. The summed E-state index contributed by atoms with van der Waals surface area (Å²) in [6.45, 7) is 5.13. The van der Waals surface area contributed by atoms with E-state index < -0.39 is 6.09 Å². The van der Waals surface area contributed by atoms with Gasteiger partial charge < -0.3 is 34.1 Å². The van der Waals surface area contributed by atoms with Crippen LogP contribution in [-0.2, 0) is 20.7 Å². The number of hydrogen-bond acceptors (Lipinski definition) is 10. The molecule has 0 spiro atoms. The molecule has 41 heavy (non-hydrogen) atoms. The highest BCUT2D eigenvalue weighted by atomic mass is 16.6. The molecule has 0 bridgehead atoms. The second-order valence-electron chi connectivity index (χ2n) is 9.82. The minimum absolute atomic E-state index is 0.118. The van der Waals surface area contributed by atoms with Gasteiger partial charge in [0, 0.05) is 63.9 Å². The number of hydrogen-bond donors (Lipinski definition) is 1. The molecule has 2 aliphatic rings. The summed E-state index contributed by atoms with van der Waals surface area (Å²) >= 11 is 0. The number of aromatic nitrogens is 4. The third-order valence-corrected chi connectivity index (χ3v) is 6.88. The molecule has 1 saturated heterocycles. The van der Waals surface area contributed by atoms with Crippen LogP contribution in [0.1, 0.15) is 17.7 Å². The van der Waals surface area contributed by atoms with Crippen molar-refractivity contribution < 1.29 is 28.5 Å². The summed E-state index contributed by atoms with van der Waals surface area (Å²) in [6, 6.07) is 7.39. The Balaban J connectivity index is 1.26. The van der Waals surface area contributed by atoms with E-state index in [-0.39, 0.29) is 25.0 Å². The summed E-state index contributed by atoms with van der Waals surface area (Å²) in [4.78, 5) is 42.9. The summed E-state index contributed by atoms with van der Waals surface area (Å²) in [5.41, 5.74) is 1.82. The SMILES string of the molecule is COCCOC(=O)N1CCN(c2cc(C)nc(-n3ccnc3)n2)C(CC(=O)NCCc2ccc3c(c2)OCCO3)C1. The summed E-state index contributed by atoms with van der Waals surface area (Å²) < 4.78 is 23.3. The molecule has 218 valence electrons. The van der Waals surface area contributed by atoms with Crippen LogP contribution < -0.4 is 19.7 Å². The molecule has 1 unspecified atom stereocenters. The number of imidazole rings is 1. The molecule has 13 heteroatoms. The predicted octanol–water partition coefficient (Wildman–Crippen LogP) is 1.76. The zero-order valence-corrected chi connectivity index (χ0v) is 23.3. The smallest absolute Gasteiger partial charge is 0.409 e. The van der Waals surface area contributed by atoms with Crippen LogP contribution in [0.25, 0.3) is 5.95 Å². The maximum absolute atomic E-state index is 13.1. The van der Waals surface area contributed by atoms with E-state index in [1.54, 1.807) is 35.3 Å². The van der Waals surface area contributed by atoms with E-state index in [1.165, 1.54) is 0 Å². The van der Waals surface area contributed by atoms with Crippen molar-refractivity contribution in [2.24, 2.45) is 0 Å². The lowest BCUT2D eigenvalue weighted by molar-refractivity contribution is -0.121. The van der Waals surface area contributed by atoms with Crippen LogP contribution in [-0.4, -0.2) is 102 Å². The van der Waals surface area contributed by atoms with Crippen LogP contribution in [0.3, 0.4) is 0 Å². The highest BCUT2D eigenvalue weighted by molar-refractivity contribution is 5.77. The second-order valence-corrected chi connectivity index (χ2v) is 9.82. The molecular formula is C28H35N7O6. The molecule has 1 aromatic carbocycles. The molecule has 2 amide bonds. The molecule has 1 N–H and O–H groups in total. The number of aryl methyl sites for hydroxylation is 1. The number of benzene rings is 1. The largest absolute Gasteiger partial charge is 0.486 e. The van der Waals surface area contributed by atoms with E-state index in [9.17, 15) is 9.59 Å². The number of ether oxygens (including phenoxy) is 4. The van der Waals surface area contributed by atoms with Crippen LogP contribution in [0.5, 0.6) is 11.5 Å². The zero-order chi connectivity index (χ0) is 28.6. The molecule has 1 fully saturated rings. The van der Waals surface area contributed by atoms with Crippen molar-refractivity contribution in [2.75, 3.05) is 64.6 Å². The first kappa shape index (κ1) is 28.1. The van der Waals surface area contributed by atoms with Crippen molar-refractivity contribution in [3.05, 3.63) is 54.2 Å². The van der Waals surface area contributed by atoms with Gasteiger partial charge in [-0.1, -0.05) is 6.07 Å². The van der Waals surface area contributed by atoms with E-state index in [4.69, 9.17) is 23.9 Å². The number of anilines is 1. The molecule has 4 heterocycles. The van der Waals surface area contributed by atoms with Crippen LogP contribution in [0.4, 0.5) is 10.6 Å². The van der Waals surface area contributed by atoms with Crippen molar-refractivity contribution in [3.63, 3.8) is 0 Å². The predicted molar refractivity (Wildman–Crippen MR) is 149 cm³/mol. The minimum Gasteiger partial charge on any atom is -0.486 e. The van der Waals surface area contributed by atoms with Gasteiger partial charge in [-0.25, -0.2) is 14.8 Å². The number of methoxy groups -OCH3 is 1. The Morgan fingerprint density at radius 3 is 2.76 bits per heavy atom. The van der Waals surface area contributed by atoms with E-state index in [1.807, 2.05) is 31.2 Å². The lowest BCUT2D eigenvalue weighted by Crippen LogP contribution is -2.56. The van der Waals surface area contributed by atoms with Gasteiger partial charge in [0.25, 0.3) is 0 Å². The third kappa shape index (κ3) is 7.23. The number of amides is 2. The Labute approximate surface area is 238 Å². The Bertz CT molecular complexity index is 1340. The third-order valence-electron chi connectivity index (χ3n) is 6.88. The van der Waals surface area contributed by atoms with Gasteiger partial charge in [0.15, 0.2) is 11.5 Å². The second kappa shape index (κ2) is 13.3. The summed E-state index contributed by atoms with van der Waals surface area (Å²) in [7, 11) is 1.55. The normalized spacial score (nSPS) is 16.4. The highest BCUT2D eigenvalue weighted by Crippen LogP contribution is 2.30. The number of rotatable bonds is 10. The lowest BCUT2D eigenvalue weighted by atomic mass is 10.1. The molecule has 2 aliphatic heterocycles. The molecule has 0 radical (unpaired) electrons. The topological polar surface area (TPSA) is 133 Å². The van der Waals surface area contributed by atoms with Crippen molar-refractivity contribution in [2.45, 2.75) is 25.8 Å². The van der Waals surface area contributed by atoms with Gasteiger partial charge in [0.05, 0.1) is 12.6 Å². The highest BCUT2D eigenvalue weighted by Gasteiger charge is 2.33. The number of carbonyl (C=O) groups is 2. The number of piperazine rings is 1. The van der Waals surface area contributed by atoms with Crippen molar-refractivity contribution in [1.82, 2.24) is 29.7 Å². The average Bonchev–Trinajstić information content (AvgIpc) is 3.52. The number of carbonyl (C=O) groups excluding carboxylic acids is 2. The van der Waals surface area contributed by atoms with Gasteiger partial charge in [-0.3, -0.25) is 9.36 Å². The van der Waals surface area contributed by atoms with Crippen LogP contribution in [0, 0.1) is 6.92 Å².